The Labute approximate surface area is 116 Å². The van der Waals surface area contributed by atoms with E-state index < -0.39 is 0 Å². The van der Waals surface area contributed by atoms with Crippen molar-refractivity contribution in [2.24, 2.45) is 5.92 Å². The van der Waals surface area contributed by atoms with E-state index in [0.717, 1.165) is 31.5 Å². The molecule has 1 atom stereocenters. The topological polar surface area (TPSA) is 41.1 Å². The number of aryl methyl sites for hydroxylation is 2. The third kappa shape index (κ3) is 4.06. The van der Waals surface area contributed by atoms with Gasteiger partial charge in [0.15, 0.2) is 0 Å². The van der Waals surface area contributed by atoms with Crippen molar-refractivity contribution in [3.63, 3.8) is 0 Å². The van der Waals surface area contributed by atoms with E-state index in [0.29, 0.717) is 0 Å². The van der Waals surface area contributed by atoms with Crippen molar-refractivity contribution in [2.75, 3.05) is 18.9 Å². The van der Waals surface area contributed by atoms with E-state index in [1.807, 2.05) is 14.0 Å². The summed E-state index contributed by atoms with van der Waals surface area (Å²) in [6.07, 6.45) is 2.72. The molecule has 1 unspecified atom stereocenters. The molecule has 1 aromatic carbocycles. The highest BCUT2D eigenvalue weighted by Gasteiger charge is 2.17. The fraction of sp³-hybridized carbons (Fsp3) is 0.562. The Hall–Kier alpha value is -1.35. The Morgan fingerprint density at radius 3 is 2.16 bits per heavy atom. The second-order valence-corrected chi connectivity index (χ2v) is 4.81. The Bertz CT molecular complexity index is 393. The maximum absolute atomic E-state index is 12.3. The van der Waals surface area contributed by atoms with Crippen LogP contribution in [-0.2, 0) is 17.6 Å². The number of carbonyl (C=O) groups is 1. The zero-order valence-electron chi connectivity index (χ0n) is 12.5. The van der Waals surface area contributed by atoms with Gasteiger partial charge in [0.25, 0.3) is 0 Å². The molecule has 19 heavy (non-hydrogen) atoms. The molecular weight excluding hydrogens is 236 g/mol. The largest absolute Gasteiger partial charge is 0.325 e. The molecule has 0 saturated carbocycles. The van der Waals surface area contributed by atoms with Crippen LogP contribution in [0.15, 0.2) is 18.2 Å². The molecule has 0 radical (unpaired) electrons. The minimum Gasteiger partial charge on any atom is -0.325 e. The van der Waals surface area contributed by atoms with Crippen molar-refractivity contribution in [1.29, 1.82) is 0 Å². The minimum atomic E-state index is 0.0274. The number of hydrogen-bond acceptors (Lipinski definition) is 2. The summed E-state index contributed by atoms with van der Waals surface area (Å²) in [5, 5.41) is 6.22. The van der Waals surface area contributed by atoms with Crippen LogP contribution in [0.3, 0.4) is 0 Å². The molecule has 2 N–H and O–H groups in total. The molecule has 0 aromatic heterocycles. The highest BCUT2D eigenvalue weighted by atomic mass is 16.1. The molecule has 0 spiro atoms. The summed E-state index contributed by atoms with van der Waals surface area (Å²) in [7, 11) is 1.88. The van der Waals surface area contributed by atoms with E-state index in [4.69, 9.17) is 0 Å². The smallest absolute Gasteiger partial charge is 0.228 e. The fourth-order valence-electron chi connectivity index (χ4n) is 2.30. The fourth-order valence-corrected chi connectivity index (χ4v) is 2.30. The van der Waals surface area contributed by atoms with Crippen LogP contribution < -0.4 is 10.6 Å². The van der Waals surface area contributed by atoms with Gasteiger partial charge in [-0.3, -0.25) is 4.79 Å². The Morgan fingerprint density at radius 1 is 1.16 bits per heavy atom. The van der Waals surface area contributed by atoms with E-state index in [-0.39, 0.29) is 11.8 Å². The quantitative estimate of drug-likeness (QED) is 0.793. The second kappa shape index (κ2) is 7.95. The molecule has 1 aromatic rings. The predicted molar refractivity (Wildman–Crippen MR) is 81.5 cm³/mol. The van der Waals surface area contributed by atoms with E-state index in [9.17, 15) is 4.79 Å². The Morgan fingerprint density at radius 2 is 1.74 bits per heavy atom. The van der Waals surface area contributed by atoms with Crippen LogP contribution in [0.25, 0.3) is 0 Å². The molecule has 3 nitrogen and oxygen atoms in total. The number of benzene rings is 1. The molecule has 0 aliphatic heterocycles. The van der Waals surface area contributed by atoms with Crippen LogP contribution in [-0.4, -0.2) is 19.5 Å². The maximum atomic E-state index is 12.3. The average molecular weight is 262 g/mol. The second-order valence-electron chi connectivity index (χ2n) is 4.81. The third-order valence-electron chi connectivity index (χ3n) is 3.56. The van der Waals surface area contributed by atoms with Gasteiger partial charge in [0.05, 0.1) is 5.92 Å². The zero-order valence-corrected chi connectivity index (χ0v) is 12.5. The summed E-state index contributed by atoms with van der Waals surface area (Å²) in [6.45, 7) is 7.01. The molecule has 0 fully saturated rings. The van der Waals surface area contributed by atoms with Gasteiger partial charge in [0, 0.05) is 12.2 Å². The number of rotatable bonds is 7. The van der Waals surface area contributed by atoms with Gasteiger partial charge in [-0.25, -0.2) is 0 Å². The van der Waals surface area contributed by atoms with Crippen LogP contribution >= 0.6 is 0 Å². The van der Waals surface area contributed by atoms with Crippen LogP contribution in [0, 0.1) is 5.92 Å². The molecule has 0 aliphatic rings. The first-order valence-corrected chi connectivity index (χ1v) is 7.24. The summed E-state index contributed by atoms with van der Waals surface area (Å²) in [6, 6.07) is 6.25. The van der Waals surface area contributed by atoms with Crippen molar-refractivity contribution >= 4 is 11.6 Å². The van der Waals surface area contributed by atoms with Gasteiger partial charge in [0.2, 0.25) is 5.91 Å². The molecule has 0 heterocycles. The number of hydrogen-bond donors (Lipinski definition) is 2. The predicted octanol–water partition coefficient (Wildman–Crippen LogP) is 3.00. The normalized spacial score (nSPS) is 12.2. The van der Waals surface area contributed by atoms with Gasteiger partial charge in [-0.15, -0.1) is 0 Å². The molecule has 106 valence electrons. The average Bonchev–Trinajstić information content (AvgIpc) is 2.44. The van der Waals surface area contributed by atoms with Gasteiger partial charge in [-0.2, -0.15) is 0 Å². The Kier molecular flexibility index (Phi) is 6.57. The van der Waals surface area contributed by atoms with Gasteiger partial charge < -0.3 is 10.6 Å². The zero-order chi connectivity index (χ0) is 14.3. The molecule has 0 bridgehead atoms. The highest BCUT2D eigenvalue weighted by molar-refractivity contribution is 5.94. The maximum Gasteiger partial charge on any atom is 0.228 e. The van der Waals surface area contributed by atoms with Crippen molar-refractivity contribution in [3.05, 3.63) is 29.3 Å². The summed E-state index contributed by atoms with van der Waals surface area (Å²) in [5.74, 6) is 0.145. The molecule has 3 heteroatoms. The van der Waals surface area contributed by atoms with Crippen LogP contribution in [0.5, 0.6) is 0 Å². The van der Waals surface area contributed by atoms with Crippen molar-refractivity contribution in [1.82, 2.24) is 5.32 Å². The summed E-state index contributed by atoms with van der Waals surface area (Å²) in [5.41, 5.74) is 3.45. The van der Waals surface area contributed by atoms with E-state index in [2.05, 4.69) is 42.7 Å². The van der Waals surface area contributed by atoms with Crippen LogP contribution in [0.1, 0.15) is 38.3 Å². The van der Waals surface area contributed by atoms with Gasteiger partial charge >= 0.3 is 0 Å². The monoisotopic (exact) mass is 262 g/mol. The lowest BCUT2D eigenvalue weighted by Crippen LogP contribution is -2.31. The summed E-state index contributed by atoms with van der Waals surface area (Å²) >= 11 is 0. The first-order chi connectivity index (χ1) is 9.17. The number of nitrogens with one attached hydrogen (secondary N) is 2. The first kappa shape index (κ1) is 15.7. The van der Waals surface area contributed by atoms with Crippen molar-refractivity contribution < 1.29 is 4.79 Å². The number of carbonyl (C=O) groups excluding carboxylic acids is 1. The lowest BCUT2D eigenvalue weighted by molar-refractivity contribution is -0.119. The lowest BCUT2D eigenvalue weighted by atomic mass is 10.0. The minimum absolute atomic E-state index is 0.0274. The number of anilines is 1. The molecule has 0 saturated heterocycles. The third-order valence-corrected chi connectivity index (χ3v) is 3.56. The van der Waals surface area contributed by atoms with Gasteiger partial charge in [0.1, 0.15) is 0 Å². The Balaban J connectivity index is 2.94. The van der Waals surface area contributed by atoms with E-state index in [1.165, 1.54) is 11.1 Å². The molecule has 1 rings (SSSR count). The SMILES string of the molecule is CCc1cccc(CC)c1NC(=O)C(CC)CNC. The number of amides is 1. The first-order valence-electron chi connectivity index (χ1n) is 7.24. The van der Waals surface area contributed by atoms with Gasteiger partial charge in [-0.1, -0.05) is 39.0 Å². The molecular formula is C16H26N2O. The molecule has 0 aliphatic carbocycles. The number of para-hydroxylation sites is 1. The standard InChI is InChI=1S/C16H26N2O/c1-5-12-9-8-10-13(6-2)15(12)18-16(19)14(7-3)11-17-4/h8-10,14,17H,5-7,11H2,1-4H3,(H,18,19). The highest BCUT2D eigenvalue weighted by Crippen LogP contribution is 2.23. The molecule has 1 amide bonds. The van der Waals surface area contributed by atoms with E-state index >= 15 is 0 Å². The van der Waals surface area contributed by atoms with Gasteiger partial charge in [-0.05, 0) is 37.4 Å². The summed E-state index contributed by atoms with van der Waals surface area (Å²) in [4.78, 5) is 12.3. The van der Waals surface area contributed by atoms with Crippen LogP contribution in [0.2, 0.25) is 0 Å². The summed E-state index contributed by atoms with van der Waals surface area (Å²) < 4.78 is 0. The van der Waals surface area contributed by atoms with Crippen molar-refractivity contribution in [2.45, 2.75) is 40.0 Å². The van der Waals surface area contributed by atoms with Crippen LogP contribution in [0.4, 0.5) is 5.69 Å². The van der Waals surface area contributed by atoms with Crippen molar-refractivity contribution in [3.8, 4) is 0 Å². The van der Waals surface area contributed by atoms with E-state index in [1.54, 1.807) is 0 Å². The lowest BCUT2D eigenvalue weighted by Gasteiger charge is -2.18.